The highest BCUT2D eigenvalue weighted by Gasteiger charge is 2.17. The first-order chi connectivity index (χ1) is 7.48. The fourth-order valence-corrected chi connectivity index (χ4v) is 1.28. The zero-order valence-corrected chi connectivity index (χ0v) is 10.8. The molecule has 0 rings (SSSR count). The molecule has 0 aliphatic rings. The monoisotopic (exact) mass is 224 g/mol. The second kappa shape index (κ2) is 8.26. The lowest BCUT2D eigenvalue weighted by atomic mass is 9.90. The summed E-state index contributed by atoms with van der Waals surface area (Å²) >= 11 is 0. The zero-order valence-electron chi connectivity index (χ0n) is 10.8. The fourth-order valence-electron chi connectivity index (χ4n) is 1.28. The molecule has 0 spiro atoms. The van der Waals surface area contributed by atoms with Gasteiger partial charge in [-0.05, 0) is 25.3 Å². The van der Waals surface area contributed by atoms with E-state index in [1.165, 1.54) is 0 Å². The lowest BCUT2D eigenvalue weighted by Gasteiger charge is -2.12. The number of unbranched alkanes of at least 4 members (excludes halogenated alkanes) is 5. The van der Waals surface area contributed by atoms with Gasteiger partial charge in [-0.1, -0.05) is 39.7 Å². The largest absolute Gasteiger partial charge is 0.303 e. The Bertz CT molecular complexity index is 234. The molecule has 0 aliphatic heterocycles. The molecule has 0 atom stereocenters. The Kier molecular flexibility index (Phi) is 7.78. The van der Waals surface area contributed by atoms with Gasteiger partial charge in [-0.15, -0.1) is 0 Å². The minimum atomic E-state index is -0.263. The van der Waals surface area contributed by atoms with Gasteiger partial charge in [-0.25, -0.2) is 0 Å². The van der Waals surface area contributed by atoms with Gasteiger partial charge < -0.3 is 4.79 Å². The number of rotatable bonds is 8. The van der Waals surface area contributed by atoms with E-state index in [1.54, 1.807) is 6.08 Å². The van der Waals surface area contributed by atoms with Crippen LogP contribution in [0.2, 0.25) is 0 Å². The van der Waals surface area contributed by atoms with Crippen molar-refractivity contribution in [2.45, 2.75) is 59.3 Å². The van der Waals surface area contributed by atoms with E-state index in [-0.39, 0.29) is 11.2 Å². The van der Waals surface area contributed by atoms with E-state index < -0.39 is 0 Å². The molecule has 16 heavy (non-hydrogen) atoms. The van der Waals surface area contributed by atoms with E-state index in [4.69, 9.17) is 0 Å². The van der Waals surface area contributed by atoms with Crippen LogP contribution < -0.4 is 0 Å². The van der Waals surface area contributed by atoms with Gasteiger partial charge in [0.05, 0.1) is 0 Å². The molecule has 0 aliphatic carbocycles. The Morgan fingerprint density at radius 3 is 2.06 bits per heavy atom. The van der Waals surface area contributed by atoms with E-state index in [0.29, 0.717) is 6.42 Å². The third-order valence-electron chi connectivity index (χ3n) is 2.45. The van der Waals surface area contributed by atoms with Gasteiger partial charge in [0.1, 0.15) is 6.29 Å². The Morgan fingerprint density at radius 2 is 1.56 bits per heavy atom. The van der Waals surface area contributed by atoms with Crippen molar-refractivity contribution in [3.05, 3.63) is 12.2 Å². The average molecular weight is 224 g/mol. The van der Waals surface area contributed by atoms with Gasteiger partial charge in [0.2, 0.25) is 0 Å². The quantitative estimate of drug-likeness (QED) is 0.358. The molecule has 0 bridgehead atoms. The summed E-state index contributed by atoms with van der Waals surface area (Å²) in [5.74, 6) is 0.188. The molecule has 0 saturated carbocycles. The standard InChI is InChI=1S/C14H24O2/c1-14(2,3)13(16)11-9-7-5-4-6-8-10-12-15/h9,11-12H,4-8,10H2,1-3H3. The molecule has 0 fully saturated rings. The Hall–Kier alpha value is -0.920. The van der Waals surface area contributed by atoms with Crippen molar-refractivity contribution in [2.75, 3.05) is 0 Å². The summed E-state index contributed by atoms with van der Waals surface area (Å²) < 4.78 is 0. The molecule has 0 aromatic rings. The molecule has 92 valence electrons. The number of carbonyl (C=O) groups is 2. The highest BCUT2D eigenvalue weighted by Crippen LogP contribution is 2.15. The second-order valence-corrected chi connectivity index (χ2v) is 5.17. The maximum absolute atomic E-state index is 11.5. The molecule has 2 nitrogen and oxygen atoms in total. The molecule has 0 radical (unpaired) electrons. The number of hydrogen-bond acceptors (Lipinski definition) is 2. The van der Waals surface area contributed by atoms with E-state index in [9.17, 15) is 9.59 Å². The number of hydrogen-bond donors (Lipinski definition) is 0. The topological polar surface area (TPSA) is 34.1 Å². The Balaban J connectivity index is 3.48. The van der Waals surface area contributed by atoms with Gasteiger partial charge in [-0.3, -0.25) is 4.79 Å². The van der Waals surface area contributed by atoms with Crippen LogP contribution in [0.3, 0.4) is 0 Å². The third-order valence-corrected chi connectivity index (χ3v) is 2.45. The van der Waals surface area contributed by atoms with Crippen LogP contribution in [-0.4, -0.2) is 12.1 Å². The van der Waals surface area contributed by atoms with Crippen molar-refractivity contribution in [1.82, 2.24) is 0 Å². The lowest BCUT2D eigenvalue weighted by Crippen LogP contribution is -2.17. The lowest BCUT2D eigenvalue weighted by molar-refractivity contribution is -0.121. The van der Waals surface area contributed by atoms with Crippen molar-refractivity contribution in [2.24, 2.45) is 5.41 Å². The Morgan fingerprint density at radius 1 is 1.00 bits per heavy atom. The van der Waals surface area contributed by atoms with Crippen LogP contribution >= 0.6 is 0 Å². The summed E-state index contributed by atoms with van der Waals surface area (Å²) in [5, 5.41) is 0. The molecule has 2 heteroatoms. The molecule has 0 unspecified atom stereocenters. The van der Waals surface area contributed by atoms with Crippen LogP contribution in [0, 0.1) is 5.41 Å². The van der Waals surface area contributed by atoms with E-state index in [1.807, 2.05) is 26.8 Å². The number of ketones is 1. The average Bonchev–Trinajstić information content (AvgIpc) is 2.20. The predicted molar refractivity (Wildman–Crippen MR) is 67.4 cm³/mol. The van der Waals surface area contributed by atoms with E-state index in [0.717, 1.165) is 38.4 Å². The summed E-state index contributed by atoms with van der Waals surface area (Å²) in [4.78, 5) is 21.6. The molecule has 0 aromatic carbocycles. The highest BCUT2D eigenvalue weighted by atomic mass is 16.1. The van der Waals surface area contributed by atoms with Gasteiger partial charge in [-0.2, -0.15) is 0 Å². The van der Waals surface area contributed by atoms with E-state index in [2.05, 4.69) is 0 Å². The first kappa shape index (κ1) is 15.1. The molecular formula is C14H24O2. The van der Waals surface area contributed by atoms with E-state index >= 15 is 0 Å². The Labute approximate surface area is 99.1 Å². The highest BCUT2D eigenvalue weighted by molar-refractivity contribution is 5.93. The summed E-state index contributed by atoms with van der Waals surface area (Å²) in [6.45, 7) is 5.79. The van der Waals surface area contributed by atoms with Crippen molar-refractivity contribution in [1.29, 1.82) is 0 Å². The van der Waals surface area contributed by atoms with Crippen molar-refractivity contribution in [3.8, 4) is 0 Å². The smallest absolute Gasteiger partial charge is 0.160 e. The second-order valence-electron chi connectivity index (χ2n) is 5.17. The number of carbonyl (C=O) groups excluding carboxylic acids is 2. The molecule has 0 aromatic heterocycles. The van der Waals surface area contributed by atoms with Crippen molar-refractivity contribution in [3.63, 3.8) is 0 Å². The number of aldehydes is 1. The first-order valence-electron chi connectivity index (χ1n) is 6.13. The first-order valence-corrected chi connectivity index (χ1v) is 6.13. The molecular weight excluding hydrogens is 200 g/mol. The van der Waals surface area contributed by atoms with Crippen molar-refractivity contribution >= 4 is 12.1 Å². The number of allylic oxidation sites excluding steroid dienone is 2. The predicted octanol–water partition coefficient (Wildman–Crippen LogP) is 3.70. The third kappa shape index (κ3) is 8.39. The van der Waals surface area contributed by atoms with Gasteiger partial charge in [0.15, 0.2) is 5.78 Å². The summed E-state index contributed by atoms with van der Waals surface area (Å²) in [6.07, 6.45) is 10.6. The maximum Gasteiger partial charge on any atom is 0.160 e. The summed E-state index contributed by atoms with van der Waals surface area (Å²) in [7, 11) is 0. The maximum atomic E-state index is 11.5. The van der Waals surface area contributed by atoms with Crippen LogP contribution in [0.4, 0.5) is 0 Å². The van der Waals surface area contributed by atoms with Crippen LogP contribution in [0.15, 0.2) is 12.2 Å². The fraction of sp³-hybridized carbons (Fsp3) is 0.714. The molecule has 0 saturated heterocycles. The SMILES string of the molecule is CC(C)(C)C(=O)C=CCCCCCCC=O. The van der Waals surface area contributed by atoms with Crippen molar-refractivity contribution < 1.29 is 9.59 Å². The van der Waals surface area contributed by atoms with Crippen LogP contribution in [0.25, 0.3) is 0 Å². The minimum absolute atomic E-state index is 0.188. The van der Waals surface area contributed by atoms with Crippen LogP contribution in [-0.2, 0) is 9.59 Å². The van der Waals surface area contributed by atoms with Gasteiger partial charge in [0.25, 0.3) is 0 Å². The van der Waals surface area contributed by atoms with Gasteiger partial charge in [0, 0.05) is 11.8 Å². The normalized spacial score (nSPS) is 11.9. The summed E-state index contributed by atoms with van der Waals surface area (Å²) in [5.41, 5.74) is -0.263. The van der Waals surface area contributed by atoms with Crippen LogP contribution in [0.1, 0.15) is 59.3 Å². The summed E-state index contributed by atoms with van der Waals surface area (Å²) in [6, 6.07) is 0. The zero-order chi connectivity index (χ0) is 12.4. The minimum Gasteiger partial charge on any atom is -0.303 e. The molecule has 0 heterocycles. The van der Waals surface area contributed by atoms with Gasteiger partial charge >= 0.3 is 0 Å². The molecule has 0 amide bonds. The van der Waals surface area contributed by atoms with Crippen LogP contribution in [0.5, 0.6) is 0 Å². The molecule has 0 N–H and O–H groups in total.